The fraction of sp³-hybridized carbons (Fsp3) is 0.100. The molecule has 0 aliphatic rings. The lowest BCUT2D eigenvalue weighted by atomic mass is 10.1. The van der Waals surface area contributed by atoms with Crippen molar-refractivity contribution in [2.75, 3.05) is 12.4 Å². The molecule has 0 bridgehead atoms. The summed E-state index contributed by atoms with van der Waals surface area (Å²) in [6, 6.07) is 10.7. The van der Waals surface area contributed by atoms with Crippen molar-refractivity contribution >= 4 is 34.0 Å². The van der Waals surface area contributed by atoms with E-state index in [0.29, 0.717) is 23.0 Å². The van der Waals surface area contributed by atoms with Crippen LogP contribution in [0, 0.1) is 6.92 Å². The standard InChI is InChI=1S/C20H16N8O2/c1-11-14-4-3-13(10-15(14)26-25-11)23-20-24-16-6-8-22-19(28(16)27-20)18(29)12-5-7-21-17(9-12)30-2/h3-10H,1-2H3,(H,23,27)(H,25,26). The van der Waals surface area contributed by atoms with Crippen LogP contribution in [0.4, 0.5) is 11.6 Å². The van der Waals surface area contributed by atoms with Crippen molar-refractivity contribution < 1.29 is 9.53 Å². The Balaban J connectivity index is 1.50. The van der Waals surface area contributed by atoms with Gasteiger partial charge in [0.15, 0.2) is 5.65 Å². The van der Waals surface area contributed by atoms with Crippen molar-refractivity contribution in [3.8, 4) is 5.88 Å². The van der Waals surface area contributed by atoms with Gasteiger partial charge < -0.3 is 10.1 Å². The number of carbonyl (C=O) groups excluding carboxylic acids is 1. The summed E-state index contributed by atoms with van der Waals surface area (Å²) >= 11 is 0. The van der Waals surface area contributed by atoms with E-state index >= 15 is 0 Å². The monoisotopic (exact) mass is 400 g/mol. The minimum Gasteiger partial charge on any atom is -0.481 e. The van der Waals surface area contributed by atoms with Gasteiger partial charge in [0.1, 0.15) is 0 Å². The van der Waals surface area contributed by atoms with E-state index < -0.39 is 0 Å². The fourth-order valence-corrected chi connectivity index (χ4v) is 3.18. The second-order valence-electron chi connectivity index (χ2n) is 6.58. The second kappa shape index (κ2) is 6.92. The average Bonchev–Trinajstić information content (AvgIpc) is 3.35. The van der Waals surface area contributed by atoms with Gasteiger partial charge in [-0.3, -0.25) is 9.89 Å². The molecule has 0 saturated heterocycles. The molecule has 148 valence electrons. The number of hydrogen-bond donors (Lipinski definition) is 2. The summed E-state index contributed by atoms with van der Waals surface area (Å²) < 4.78 is 6.51. The summed E-state index contributed by atoms with van der Waals surface area (Å²) in [4.78, 5) is 25.7. The molecule has 5 aromatic rings. The summed E-state index contributed by atoms with van der Waals surface area (Å²) in [5.41, 5.74) is 3.53. The molecule has 0 fully saturated rings. The molecule has 0 spiro atoms. The zero-order valence-electron chi connectivity index (χ0n) is 16.1. The Bertz CT molecular complexity index is 1400. The summed E-state index contributed by atoms with van der Waals surface area (Å²) in [6.45, 7) is 1.94. The number of pyridine rings is 1. The molecule has 5 rings (SSSR count). The van der Waals surface area contributed by atoms with Gasteiger partial charge in [0.05, 0.1) is 18.3 Å². The molecule has 0 radical (unpaired) electrons. The molecular formula is C20H16N8O2. The van der Waals surface area contributed by atoms with E-state index in [2.05, 4.69) is 35.6 Å². The van der Waals surface area contributed by atoms with Crippen LogP contribution in [0.15, 0.2) is 48.8 Å². The van der Waals surface area contributed by atoms with Gasteiger partial charge in [-0.2, -0.15) is 14.6 Å². The number of hydrogen-bond acceptors (Lipinski definition) is 8. The first-order valence-corrected chi connectivity index (χ1v) is 9.10. The molecule has 1 aromatic carbocycles. The average molecular weight is 400 g/mol. The molecule has 10 nitrogen and oxygen atoms in total. The van der Waals surface area contributed by atoms with Crippen molar-refractivity contribution in [2.24, 2.45) is 0 Å². The van der Waals surface area contributed by atoms with Gasteiger partial charge in [-0.25, -0.2) is 9.97 Å². The summed E-state index contributed by atoms with van der Waals surface area (Å²) in [7, 11) is 1.49. The van der Waals surface area contributed by atoms with Crippen LogP contribution in [0.25, 0.3) is 16.6 Å². The molecule has 0 saturated carbocycles. The molecule has 4 aromatic heterocycles. The van der Waals surface area contributed by atoms with Crippen molar-refractivity contribution in [2.45, 2.75) is 6.92 Å². The van der Waals surface area contributed by atoms with E-state index in [4.69, 9.17) is 4.74 Å². The van der Waals surface area contributed by atoms with Crippen LogP contribution in [0.5, 0.6) is 5.88 Å². The fourth-order valence-electron chi connectivity index (χ4n) is 3.18. The summed E-state index contributed by atoms with van der Waals surface area (Å²) in [6.07, 6.45) is 3.03. The molecule has 0 aliphatic heterocycles. The van der Waals surface area contributed by atoms with Crippen LogP contribution in [0.3, 0.4) is 0 Å². The first kappa shape index (κ1) is 17.7. The Kier molecular flexibility index (Phi) is 4.09. The highest BCUT2D eigenvalue weighted by molar-refractivity contribution is 6.07. The number of fused-ring (bicyclic) bond motifs is 2. The van der Waals surface area contributed by atoms with Crippen LogP contribution < -0.4 is 10.1 Å². The van der Waals surface area contributed by atoms with Crippen molar-refractivity contribution in [3.63, 3.8) is 0 Å². The number of carbonyl (C=O) groups is 1. The zero-order chi connectivity index (χ0) is 20.7. The molecule has 0 aliphatic carbocycles. The van der Waals surface area contributed by atoms with Gasteiger partial charge in [-0.1, -0.05) is 0 Å². The van der Waals surface area contributed by atoms with E-state index in [9.17, 15) is 4.79 Å². The van der Waals surface area contributed by atoms with Crippen LogP contribution in [-0.2, 0) is 0 Å². The highest BCUT2D eigenvalue weighted by atomic mass is 16.5. The maximum absolute atomic E-state index is 13.0. The zero-order valence-corrected chi connectivity index (χ0v) is 16.1. The van der Waals surface area contributed by atoms with Gasteiger partial charge in [0.25, 0.3) is 0 Å². The third-order valence-corrected chi connectivity index (χ3v) is 4.67. The molecule has 4 heterocycles. The number of methoxy groups -OCH3 is 1. The normalized spacial score (nSPS) is 11.1. The van der Waals surface area contributed by atoms with Crippen LogP contribution >= 0.6 is 0 Å². The molecule has 2 N–H and O–H groups in total. The molecule has 0 amide bonds. The number of benzene rings is 1. The number of nitrogens with one attached hydrogen (secondary N) is 2. The van der Waals surface area contributed by atoms with Crippen molar-refractivity contribution in [3.05, 3.63) is 65.9 Å². The molecule has 30 heavy (non-hydrogen) atoms. The number of aromatic nitrogens is 7. The largest absolute Gasteiger partial charge is 0.481 e. The Morgan fingerprint density at radius 2 is 2.00 bits per heavy atom. The number of anilines is 2. The summed E-state index contributed by atoms with van der Waals surface area (Å²) in [5, 5.41) is 15.8. The van der Waals surface area contributed by atoms with Gasteiger partial charge >= 0.3 is 0 Å². The van der Waals surface area contributed by atoms with Gasteiger partial charge in [0, 0.05) is 41.2 Å². The number of nitrogens with zero attached hydrogens (tertiary/aromatic N) is 6. The van der Waals surface area contributed by atoms with E-state index in [-0.39, 0.29) is 11.6 Å². The Labute approximate surface area is 170 Å². The van der Waals surface area contributed by atoms with Crippen LogP contribution in [0.1, 0.15) is 21.9 Å². The Morgan fingerprint density at radius 1 is 1.13 bits per heavy atom. The van der Waals surface area contributed by atoms with Gasteiger partial charge in [-0.15, -0.1) is 5.10 Å². The second-order valence-corrected chi connectivity index (χ2v) is 6.58. The van der Waals surface area contributed by atoms with Crippen LogP contribution in [0.2, 0.25) is 0 Å². The molecule has 0 atom stereocenters. The van der Waals surface area contributed by atoms with Crippen molar-refractivity contribution in [1.29, 1.82) is 0 Å². The molecular weight excluding hydrogens is 384 g/mol. The highest BCUT2D eigenvalue weighted by Crippen LogP contribution is 2.22. The Hall–Kier alpha value is -4.34. The highest BCUT2D eigenvalue weighted by Gasteiger charge is 2.18. The first-order valence-electron chi connectivity index (χ1n) is 9.10. The smallest absolute Gasteiger partial charge is 0.247 e. The minimum absolute atomic E-state index is 0.140. The van der Waals surface area contributed by atoms with E-state index in [1.54, 1.807) is 18.2 Å². The number of aryl methyl sites for hydroxylation is 1. The first-order chi connectivity index (χ1) is 14.6. The Morgan fingerprint density at radius 3 is 2.87 bits per heavy atom. The third-order valence-electron chi connectivity index (χ3n) is 4.67. The quantitative estimate of drug-likeness (QED) is 0.432. The third kappa shape index (κ3) is 3.00. The van der Waals surface area contributed by atoms with E-state index in [1.165, 1.54) is 24.0 Å². The minimum atomic E-state index is -0.313. The van der Waals surface area contributed by atoms with E-state index in [1.807, 2.05) is 25.1 Å². The lowest BCUT2D eigenvalue weighted by Crippen LogP contribution is -2.11. The predicted molar refractivity (Wildman–Crippen MR) is 109 cm³/mol. The SMILES string of the molecule is COc1cc(C(=O)c2nccc3nc(Nc4ccc5c(C)n[nH]c5c4)nn23)ccn1. The topological polar surface area (TPSA) is 123 Å². The van der Waals surface area contributed by atoms with Gasteiger partial charge in [-0.05, 0) is 31.2 Å². The lowest BCUT2D eigenvalue weighted by molar-refractivity contribution is 0.102. The van der Waals surface area contributed by atoms with Crippen LogP contribution in [-0.4, -0.2) is 47.7 Å². The maximum Gasteiger partial charge on any atom is 0.247 e. The number of H-pyrrole nitrogens is 1. The maximum atomic E-state index is 13.0. The number of rotatable bonds is 5. The van der Waals surface area contributed by atoms with E-state index in [0.717, 1.165) is 22.3 Å². The lowest BCUT2D eigenvalue weighted by Gasteiger charge is -2.04. The molecule has 10 heteroatoms. The number of ketones is 1. The predicted octanol–water partition coefficient (Wildman–Crippen LogP) is 2.69. The summed E-state index contributed by atoms with van der Waals surface area (Å²) in [5.74, 6) is 0.520. The van der Waals surface area contributed by atoms with Crippen molar-refractivity contribution in [1.82, 2.24) is 34.8 Å². The molecule has 0 unspecified atom stereocenters. The van der Waals surface area contributed by atoms with Gasteiger partial charge in [0.2, 0.25) is 23.4 Å². The number of ether oxygens (including phenoxy) is 1. The number of aromatic amines is 1.